The van der Waals surface area contributed by atoms with E-state index in [1.54, 1.807) is 18.2 Å². The van der Waals surface area contributed by atoms with Crippen molar-refractivity contribution in [3.8, 4) is 11.8 Å². The van der Waals surface area contributed by atoms with Crippen molar-refractivity contribution in [3.05, 3.63) is 34.3 Å². The molecule has 112 valence electrons. The molecule has 4 nitrogen and oxygen atoms in total. The number of piperazine rings is 1. The number of rotatable bonds is 2. The highest BCUT2D eigenvalue weighted by atomic mass is 35.5. The zero-order valence-electron chi connectivity index (χ0n) is 12.2. The van der Waals surface area contributed by atoms with Crippen LogP contribution in [0.2, 0.25) is 5.02 Å². The van der Waals surface area contributed by atoms with Crippen LogP contribution in [0.25, 0.3) is 0 Å². The number of benzene rings is 1. The molecule has 1 aromatic rings. The van der Waals surface area contributed by atoms with Gasteiger partial charge in [0.15, 0.2) is 0 Å². The van der Waals surface area contributed by atoms with Gasteiger partial charge in [0.1, 0.15) is 0 Å². The monoisotopic (exact) mass is 305 g/mol. The van der Waals surface area contributed by atoms with Crippen LogP contribution in [0.15, 0.2) is 18.2 Å². The fourth-order valence-electron chi connectivity index (χ4n) is 2.35. The van der Waals surface area contributed by atoms with E-state index in [0.717, 1.165) is 32.7 Å². The zero-order chi connectivity index (χ0) is 15.2. The first-order valence-electron chi connectivity index (χ1n) is 7.15. The van der Waals surface area contributed by atoms with Gasteiger partial charge in [0.05, 0.1) is 11.6 Å². The molecule has 1 aliphatic heterocycles. The maximum Gasteiger partial charge on any atom is 0.253 e. The van der Waals surface area contributed by atoms with Gasteiger partial charge in [-0.1, -0.05) is 30.4 Å². The van der Waals surface area contributed by atoms with E-state index in [1.165, 1.54) is 0 Å². The first kappa shape index (κ1) is 15.8. The summed E-state index contributed by atoms with van der Waals surface area (Å²) in [4.78, 5) is 16.7. The molecule has 21 heavy (non-hydrogen) atoms. The van der Waals surface area contributed by atoms with Gasteiger partial charge in [-0.2, -0.15) is 0 Å². The maximum atomic E-state index is 12.5. The average Bonchev–Trinajstić information content (AvgIpc) is 2.53. The van der Waals surface area contributed by atoms with E-state index < -0.39 is 0 Å². The van der Waals surface area contributed by atoms with Crippen LogP contribution in [-0.2, 0) is 0 Å². The van der Waals surface area contributed by atoms with E-state index in [2.05, 4.69) is 23.7 Å². The van der Waals surface area contributed by atoms with E-state index in [4.69, 9.17) is 17.3 Å². The third-order valence-electron chi connectivity index (χ3n) is 3.65. The van der Waals surface area contributed by atoms with Gasteiger partial charge in [-0.15, -0.1) is 0 Å². The second-order valence-electron chi connectivity index (χ2n) is 4.93. The van der Waals surface area contributed by atoms with Crippen LogP contribution in [0.1, 0.15) is 22.8 Å². The summed E-state index contributed by atoms with van der Waals surface area (Å²) < 4.78 is 0. The molecule has 1 heterocycles. The first-order chi connectivity index (χ1) is 10.2. The van der Waals surface area contributed by atoms with Crippen LogP contribution in [0, 0.1) is 11.8 Å². The van der Waals surface area contributed by atoms with Gasteiger partial charge < -0.3 is 15.5 Å². The van der Waals surface area contributed by atoms with Crippen molar-refractivity contribution < 1.29 is 4.79 Å². The fourth-order valence-corrected chi connectivity index (χ4v) is 2.57. The summed E-state index contributed by atoms with van der Waals surface area (Å²) in [6, 6.07) is 5.25. The molecule has 1 amide bonds. The number of hydrogen-bond donors (Lipinski definition) is 1. The Hall–Kier alpha value is -1.54. The largest absolute Gasteiger partial charge is 0.336 e. The van der Waals surface area contributed by atoms with Crippen molar-refractivity contribution in [2.45, 2.75) is 6.92 Å². The molecule has 1 aromatic carbocycles. The Balaban J connectivity index is 2.08. The molecule has 0 spiro atoms. The lowest BCUT2D eigenvalue weighted by Crippen LogP contribution is -2.48. The molecular formula is C16H20ClN3O. The number of carbonyl (C=O) groups excluding carboxylic acids is 1. The predicted molar refractivity (Wildman–Crippen MR) is 85.4 cm³/mol. The molecular weight excluding hydrogens is 286 g/mol. The van der Waals surface area contributed by atoms with Gasteiger partial charge in [0.2, 0.25) is 0 Å². The van der Waals surface area contributed by atoms with E-state index in [9.17, 15) is 4.79 Å². The van der Waals surface area contributed by atoms with Crippen LogP contribution >= 0.6 is 11.6 Å². The van der Waals surface area contributed by atoms with E-state index in [-0.39, 0.29) is 5.91 Å². The zero-order valence-corrected chi connectivity index (χ0v) is 13.0. The Morgan fingerprint density at radius 3 is 2.62 bits per heavy atom. The molecule has 0 unspecified atom stereocenters. The molecule has 0 saturated carbocycles. The smallest absolute Gasteiger partial charge is 0.253 e. The Labute approximate surface area is 130 Å². The summed E-state index contributed by atoms with van der Waals surface area (Å²) in [6.45, 7) is 6.84. The summed E-state index contributed by atoms with van der Waals surface area (Å²) in [6.07, 6.45) is 0. The maximum absolute atomic E-state index is 12.5. The van der Waals surface area contributed by atoms with Crippen molar-refractivity contribution in [1.29, 1.82) is 0 Å². The van der Waals surface area contributed by atoms with Crippen molar-refractivity contribution in [3.63, 3.8) is 0 Å². The number of carbonyl (C=O) groups is 1. The number of hydrogen-bond acceptors (Lipinski definition) is 3. The molecule has 2 rings (SSSR count). The third kappa shape index (κ3) is 3.98. The first-order valence-corrected chi connectivity index (χ1v) is 7.53. The molecule has 1 aliphatic rings. The summed E-state index contributed by atoms with van der Waals surface area (Å²) in [5.41, 5.74) is 6.66. The van der Waals surface area contributed by atoms with Crippen LogP contribution < -0.4 is 5.73 Å². The minimum atomic E-state index is 0.0333. The highest BCUT2D eigenvalue weighted by Crippen LogP contribution is 2.18. The highest BCUT2D eigenvalue weighted by Gasteiger charge is 2.21. The summed E-state index contributed by atoms with van der Waals surface area (Å²) in [7, 11) is 0. The quantitative estimate of drug-likeness (QED) is 0.841. The SMILES string of the molecule is CCN1CCN(C(=O)c2ccc(C#CCN)c(Cl)c2)CC1. The summed E-state index contributed by atoms with van der Waals surface area (Å²) in [5, 5.41) is 0.494. The molecule has 2 N–H and O–H groups in total. The molecule has 0 radical (unpaired) electrons. The summed E-state index contributed by atoms with van der Waals surface area (Å²) >= 11 is 6.17. The molecule has 0 bridgehead atoms. The van der Waals surface area contributed by atoms with Crippen molar-refractivity contribution in [2.24, 2.45) is 5.73 Å². The Kier molecular flexibility index (Phi) is 5.63. The van der Waals surface area contributed by atoms with Gasteiger partial charge in [0.25, 0.3) is 5.91 Å². The second kappa shape index (κ2) is 7.46. The third-order valence-corrected chi connectivity index (χ3v) is 3.96. The minimum absolute atomic E-state index is 0.0333. The minimum Gasteiger partial charge on any atom is -0.336 e. The van der Waals surface area contributed by atoms with Crippen LogP contribution in [0.5, 0.6) is 0 Å². The van der Waals surface area contributed by atoms with Gasteiger partial charge >= 0.3 is 0 Å². The van der Waals surface area contributed by atoms with Crippen LogP contribution in [0.3, 0.4) is 0 Å². The summed E-state index contributed by atoms with van der Waals surface area (Å²) in [5.74, 6) is 5.69. The average molecular weight is 306 g/mol. The Morgan fingerprint density at radius 2 is 2.05 bits per heavy atom. The van der Waals surface area contributed by atoms with Gasteiger partial charge in [-0.25, -0.2) is 0 Å². The molecule has 0 aromatic heterocycles. The van der Waals surface area contributed by atoms with Crippen molar-refractivity contribution in [1.82, 2.24) is 9.80 Å². The van der Waals surface area contributed by atoms with Gasteiger partial charge in [-0.3, -0.25) is 4.79 Å². The van der Waals surface area contributed by atoms with E-state index in [1.807, 2.05) is 4.90 Å². The van der Waals surface area contributed by atoms with E-state index >= 15 is 0 Å². The molecule has 0 atom stereocenters. The molecule has 5 heteroatoms. The Bertz CT molecular complexity index is 569. The van der Waals surface area contributed by atoms with E-state index in [0.29, 0.717) is 22.7 Å². The highest BCUT2D eigenvalue weighted by molar-refractivity contribution is 6.32. The lowest BCUT2D eigenvalue weighted by molar-refractivity contribution is 0.0643. The fraction of sp³-hybridized carbons (Fsp3) is 0.438. The lowest BCUT2D eigenvalue weighted by atomic mass is 10.1. The number of nitrogens with two attached hydrogens (primary N) is 1. The molecule has 1 fully saturated rings. The van der Waals surface area contributed by atoms with Gasteiger partial charge in [0, 0.05) is 37.3 Å². The number of amides is 1. The lowest BCUT2D eigenvalue weighted by Gasteiger charge is -2.34. The number of nitrogens with zero attached hydrogens (tertiary/aromatic N) is 2. The molecule has 0 aliphatic carbocycles. The number of likely N-dealkylation sites (N-methyl/N-ethyl adjacent to an activating group) is 1. The number of halogens is 1. The van der Waals surface area contributed by atoms with Crippen LogP contribution in [0.4, 0.5) is 0 Å². The Morgan fingerprint density at radius 1 is 1.33 bits per heavy atom. The normalized spacial score (nSPS) is 15.5. The van der Waals surface area contributed by atoms with Crippen molar-refractivity contribution in [2.75, 3.05) is 39.3 Å². The second-order valence-corrected chi connectivity index (χ2v) is 5.33. The van der Waals surface area contributed by atoms with Crippen LogP contribution in [-0.4, -0.2) is 55.0 Å². The van der Waals surface area contributed by atoms with Gasteiger partial charge in [-0.05, 0) is 24.7 Å². The predicted octanol–water partition coefficient (Wildman–Crippen LogP) is 1.43. The topological polar surface area (TPSA) is 49.6 Å². The standard InChI is InChI=1S/C16H20ClN3O/c1-2-19-8-10-20(11-9-19)16(21)14-6-5-13(4-3-7-18)15(17)12-14/h5-6,12H,2,7-11,18H2,1H3. The van der Waals surface area contributed by atoms with Crippen molar-refractivity contribution >= 4 is 17.5 Å². The molecule has 1 saturated heterocycles.